The van der Waals surface area contributed by atoms with Crippen LogP contribution in [-0.2, 0) is 10.0 Å². The van der Waals surface area contributed by atoms with Crippen molar-refractivity contribution in [3.8, 4) is 0 Å². The van der Waals surface area contributed by atoms with Gasteiger partial charge in [-0.05, 0) is 50.5 Å². The first kappa shape index (κ1) is 26.9. The van der Waals surface area contributed by atoms with E-state index in [0.29, 0.717) is 31.3 Å². The summed E-state index contributed by atoms with van der Waals surface area (Å²) in [4.78, 5) is 6.97. The highest BCUT2D eigenvalue weighted by Crippen LogP contribution is 2.17. The normalized spacial score (nSPS) is 23.1. The zero-order chi connectivity index (χ0) is 20.6. The number of nitrogens with one attached hydrogen (secondary N) is 2. The highest BCUT2D eigenvalue weighted by Gasteiger charge is 2.28. The molecule has 2 aliphatic heterocycles. The van der Waals surface area contributed by atoms with Crippen LogP contribution in [0.3, 0.4) is 0 Å². The second kappa shape index (κ2) is 13.3. The molecule has 172 valence electrons. The van der Waals surface area contributed by atoms with E-state index in [1.54, 1.807) is 4.31 Å². The van der Waals surface area contributed by atoms with E-state index < -0.39 is 10.0 Å². The van der Waals surface area contributed by atoms with Crippen LogP contribution in [0.2, 0.25) is 0 Å². The van der Waals surface area contributed by atoms with Crippen molar-refractivity contribution in [2.24, 2.45) is 16.8 Å². The van der Waals surface area contributed by atoms with Gasteiger partial charge in [0.2, 0.25) is 10.0 Å². The fraction of sp³-hybridized carbons (Fsp3) is 0.950. The summed E-state index contributed by atoms with van der Waals surface area (Å²) in [5, 5.41) is 7.00. The van der Waals surface area contributed by atoms with Crippen LogP contribution < -0.4 is 10.6 Å². The van der Waals surface area contributed by atoms with Crippen molar-refractivity contribution in [2.45, 2.75) is 58.9 Å². The molecular weight excluding hydrogens is 501 g/mol. The van der Waals surface area contributed by atoms with Crippen molar-refractivity contribution in [3.63, 3.8) is 0 Å². The predicted molar refractivity (Wildman–Crippen MR) is 133 cm³/mol. The van der Waals surface area contributed by atoms with Gasteiger partial charge in [0.15, 0.2) is 5.96 Å². The van der Waals surface area contributed by atoms with E-state index >= 15 is 0 Å². The summed E-state index contributed by atoms with van der Waals surface area (Å²) in [5.41, 5.74) is 0. The van der Waals surface area contributed by atoms with Crippen LogP contribution in [0.15, 0.2) is 4.99 Å². The standard InChI is InChI=1S/C20H41N5O2S.HI/c1-5-13-28(26,27)25-11-8-19(9-12-25)23-20(21-4)22-14-18-7-6-10-24(16-18)15-17(2)3;/h17-19H,5-16H2,1-4H3,(H2,21,22,23);1H. The van der Waals surface area contributed by atoms with Gasteiger partial charge in [-0.1, -0.05) is 20.8 Å². The molecule has 2 fully saturated rings. The fourth-order valence-electron chi connectivity index (χ4n) is 4.29. The minimum absolute atomic E-state index is 0. The van der Waals surface area contributed by atoms with Gasteiger partial charge in [0.25, 0.3) is 0 Å². The maximum atomic E-state index is 12.2. The van der Waals surface area contributed by atoms with Crippen LogP contribution in [0.5, 0.6) is 0 Å². The Morgan fingerprint density at radius 1 is 1.17 bits per heavy atom. The summed E-state index contributed by atoms with van der Waals surface area (Å²) in [7, 11) is -1.27. The van der Waals surface area contributed by atoms with Crippen molar-refractivity contribution in [3.05, 3.63) is 0 Å². The molecule has 0 aromatic heterocycles. The van der Waals surface area contributed by atoms with Gasteiger partial charge in [-0.2, -0.15) is 0 Å². The van der Waals surface area contributed by atoms with Gasteiger partial charge in [-0.15, -0.1) is 24.0 Å². The highest BCUT2D eigenvalue weighted by atomic mass is 127. The molecule has 0 bridgehead atoms. The highest BCUT2D eigenvalue weighted by molar-refractivity contribution is 14.0. The average Bonchev–Trinajstić information content (AvgIpc) is 2.65. The summed E-state index contributed by atoms with van der Waals surface area (Å²) >= 11 is 0. The number of likely N-dealkylation sites (tertiary alicyclic amines) is 1. The number of rotatable bonds is 8. The maximum absolute atomic E-state index is 12.2. The van der Waals surface area contributed by atoms with Gasteiger partial charge in [0.1, 0.15) is 0 Å². The third-order valence-electron chi connectivity index (χ3n) is 5.66. The minimum atomic E-state index is -3.07. The molecule has 2 rings (SSSR count). The number of aliphatic imine (C=N–C) groups is 1. The zero-order valence-corrected chi connectivity index (χ0v) is 21.8. The number of hydrogen-bond donors (Lipinski definition) is 2. The van der Waals surface area contributed by atoms with Crippen molar-refractivity contribution in [2.75, 3.05) is 52.1 Å². The second-order valence-electron chi connectivity index (χ2n) is 8.75. The third kappa shape index (κ3) is 9.26. The first-order valence-electron chi connectivity index (χ1n) is 11.0. The van der Waals surface area contributed by atoms with Gasteiger partial charge >= 0.3 is 0 Å². The Morgan fingerprint density at radius 2 is 1.86 bits per heavy atom. The number of halogens is 1. The SMILES string of the molecule is CCCS(=O)(=O)N1CCC(NC(=NC)NCC2CCCN(CC(C)C)C2)CC1.I. The van der Waals surface area contributed by atoms with Gasteiger partial charge in [-0.3, -0.25) is 4.99 Å². The van der Waals surface area contributed by atoms with Crippen molar-refractivity contribution in [1.29, 1.82) is 0 Å². The van der Waals surface area contributed by atoms with Crippen molar-refractivity contribution in [1.82, 2.24) is 19.8 Å². The number of guanidine groups is 1. The van der Waals surface area contributed by atoms with Gasteiger partial charge in [0, 0.05) is 45.8 Å². The molecule has 2 N–H and O–H groups in total. The largest absolute Gasteiger partial charge is 0.356 e. The molecule has 0 aliphatic carbocycles. The van der Waals surface area contributed by atoms with E-state index in [1.165, 1.54) is 25.9 Å². The molecule has 1 unspecified atom stereocenters. The van der Waals surface area contributed by atoms with E-state index in [-0.39, 0.29) is 35.8 Å². The molecule has 1 atom stereocenters. The molecule has 0 aromatic rings. The van der Waals surface area contributed by atoms with Crippen molar-refractivity contribution >= 4 is 40.0 Å². The Hall–Kier alpha value is -0.130. The first-order chi connectivity index (χ1) is 13.3. The molecular formula is C20H42IN5O2S. The molecule has 2 aliphatic rings. The molecule has 2 heterocycles. The molecule has 9 heteroatoms. The maximum Gasteiger partial charge on any atom is 0.214 e. The van der Waals surface area contributed by atoms with E-state index in [9.17, 15) is 8.42 Å². The lowest BCUT2D eigenvalue weighted by atomic mass is 9.97. The monoisotopic (exact) mass is 543 g/mol. The summed E-state index contributed by atoms with van der Waals surface area (Å²) in [6, 6.07) is 0.281. The minimum Gasteiger partial charge on any atom is -0.356 e. The number of nitrogens with zero attached hydrogens (tertiary/aromatic N) is 3. The lowest BCUT2D eigenvalue weighted by molar-refractivity contribution is 0.159. The lowest BCUT2D eigenvalue weighted by Crippen LogP contribution is -2.51. The molecule has 0 spiro atoms. The Kier molecular flexibility index (Phi) is 12.4. The quantitative estimate of drug-likeness (QED) is 0.279. The van der Waals surface area contributed by atoms with E-state index in [0.717, 1.165) is 31.9 Å². The summed E-state index contributed by atoms with van der Waals surface area (Å²) in [6.07, 6.45) is 4.87. The molecule has 0 saturated carbocycles. The van der Waals surface area contributed by atoms with Crippen LogP contribution in [0.25, 0.3) is 0 Å². The van der Waals surface area contributed by atoms with Crippen molar-refractivity contribution < 1.29 is 8.42 Å². The number of piperidine rings is 2. The third-order valence-corrected chi connectivity index (χ3v) is 7.73. The Bertz CT molecular complexity index is 592. The summed E-state index contributed by atoms with van der Waals surface area (Å²) < 4.78 is 26.1. The Morgan fingerprint density at radius 3 is 2.45 bits per heavy atom. The molecule has 0 amide bonds. The van der Waals surface area contributed by atoms with Gasteiger partial charge in [-0.25, -0.2) is 12.7 Å². The van der Waals surface area contributed by atoms with Gasteiger partial charge in [0.05, 0.1) is 5.75 Å². The molecule has 2 saturated heterocycles. The second-order valence-corrected chi connectivity index (χ2v) is 10.8. The predicted octanol–water partition coefficient (Wildman–Crippen LogP) is 2.34. The van der Waals surface area contributed by atoms with Crippen LogP contribution in [-0.4, -0.2) is 81.7 Å². The summed E-state index contributed by atoms with van der Waals surface area (Å²) in [6.45, 7) is 12.2. The van der Waals surface area contributed by atoms with Crippen LogP contribution in [0.4, 0.5) is 0 Å². The van der Waals surface area contributed by atoms with Crippen LogP contribution in [0.1, 0.15) is 52.9 Å². The average molecular weight is 544 g/mol. The fourth-order valence-corrected chi connectivity index (χ4v) is 5.84. The van der Waals surface area contributed by atoms with Crippen LogP contribution >= 0.6 is 24.0 Å². The van der Waals surface area contributed by atoms with E-state index in [4.69, 9.17) is 0 Å². The molecule has 7 nitrogen and oxygen atoms in total. The number of sulfonamides is 1. The summed E-state index contributed by atoms with van der Waals surface area (Å²) in [5.74, 6) is 2.47. The smallest absolute Gasteiger partial charge is 0.214 e. The topological polar surface area (TPSA) is 77.0 Å². The number of hydrogen-bond acceptors (Lipinski definition) is 4. The Labute approximate surface area is 195 Å². The zero-order valence-electron chi connectivity index (χ0n) is 18.7. The first-order valence-corrected chi connectivity index (χ1v) is 12.6. The van der Waals surface area contributed by atoms with Gasteiger partial charge < -0.3 is 15.5 Å². The Balaban J connectivity index is 0.00000420. The molecule has 0 radical (unpaired) electrons. The van der Waals surface area contributed by atoms with Crippen LogP contribution in [0, 0.1) is 11.8 Å². The molecule has 0 aromatic carbocycles. The van der Waals surface area contributed by atoms with E-state index in [1.807, 2.05) is 14.0 Å². The molecule has 29 heavy (non-hydrogen) atoms. The lowest BCUT2D eigenvalue weighted by Gasteiger charge is -2.35. The van der Waals surface area contributed by atoms with E-state index in [2.05, 4.69) is 34.4 Å².